The molecule has 2 atom stereocenters. The predicted molar refractivity (Wildman–Crippen MR) is 95.2 cm³/mol. The number of piperidine rings is 1. The number of piperazine rings is 1. The van der Waals surface area contributed by atoms with Gasteiger partial charge in [0.05, 0.1) is 11.8 Å². The lowest BCUT2D eigenvalue weighted by Crippen LogP contribution is -2.61. The number of likely N-dealkylation sites (tertiary alicyclic amines) is 1. The fourth-order valence-electron chi connectivity index (χ4n) is 3.95. The molecule has 2 aliphatic rings. The smallest absolute Gasteiger partial charge is 0.257 e. The van der Waals surface area contributed by atoms with Crippen LogP contribution in [0.3, 0.4) is 0 Å². The second-order valence-corrected chi connectivity index (χ2v) is 7.28. The average Bonchev–Trinajstić information content (AvgIpc) is 3.17. The number of carbonyl (C=O) groups excluding carboxylic acids is 3. The van der Waals surface area contributed by atoms with Crippen molar-refractivity contribution in [1.82, 2.24) is 24.9 Å². The van der Waals surface area contributed by atoms with Crippen LogP contribution in [-0.4, -0.2) is 80.9 Å². The number of carbonyl (C=O) groups is 3. The van der Waals surface area contributed by atoms with Crippen molar-refractivity contribution < 1.29 is 14.4 Å². The molecular formula is C18H27N5O3. The monoisotopic (exact) mass is 361 g/mol. The molecule has 3 heterocycles. The number of amides is 3. The van der Waals surface area contributed by atoms with Crippen LogP contribution >= 0.6 is 0 Å². The van der Waals surface area contributed by atoms with E-state index in [9.17, 15) is 14.4 Å². The van der Waals surface area contributed by atoms with Crippen molar-refractivity contribution in [2.24, 2.45) is 5.92 Å². The van der Waals surface area contributed by atoms with Gasteiger partial charge < -0.3 is 14.7 Å². The Balaban J connectivity index is 1.62. The number of hydrogen-bond acceptors (Lipinski definition) is 4. The molecule has 8 nitrogen and oxygen atoms in total. The van der Waals surface area contributed by atoms with Crippen LogP contribution in [0.1, 0.15) is 44.0 Å². The molecule has 0 aromatic carbocycles. The van der Waals surface area contributed by atoms with Crippen LogP contribution in [0.15, 0.2) is 12.4 Å². The molecule has 142 valence electrons. The molecule has 0 spiro atoms. The molecule has 8 heteroatoms. The zero-order valence-electron chi connectivity index (χ0n) is 15.6. The summed E-state index contributed by atoms with van der Waals surface area (Å²) in [6.07, 6.45) is 4.56. The highest BCUT2D eigenvalue weighted by atomic mass is 16.2. The first-order valence-electron chi connectivity index (χ1n) is 9.26. The molecule has 2 saturated heterocycles. The Hall–Kier alpha value is -2.38. The van der Waals surface area contributed by atoms with Gasteiger partial charge in [0, 0.05) is 57.3 Å². The number of nitrogens with one attached hydrogen (secondary N) is 1. The van der Waals surface area contributed by atoms with E-state index in [1.807, 2.05) is 23.6 Å². The number of hydrogen-bond donors (Lipinski definition) is 1. The van der Waals surface area contributed by atoms with E-state index in [1.165, 1.54) is 6.20 Å². The van der Waals surface area contributed by atoms with E-state index in [1.54, 1.807) is 18.0 Å². The second kappa shape index (κ2) is 7.47. The van der Waals surface area contributed by atoms with Crippen LogP contribution in [0.2, 0.25) is 0 Å². The maximum absolute atomic E-state index is 13.0. The van der Waals surface area contributed by atoms with Gasteiger partial charge in [-0.15, -0.1) is 0 Å². The predicted octanol–water partition coefficient (Wildman–Crippen LogP) is 0.730. The van der Waals surface area contributed by atoms with E-state index < -0.39 is 0 Å². The first-order valence-corrected chi connectivity index (χ1v) is 9.26. The maximum atomic E-state index is 13.0. The zero-order valence-corrected chi connectivity index (χ0v) is 15.6. The quantitative estimate of drug-likeness (QED) is 0.841. The third kappa shape index (κ3) is 3.45. The van der Waals surface area contributed by atoms with E-state index in [0.717, 1.165) is 0 Å². The summed E-state index contributed by atoms with van der Waals surface area (Å²) in [7, 11) is 0. The summed E-state index contributed by atoms with van der Waals surface area (Å²) >= 11 is 0. The Morgan fingerprint density at radius 1 is 1.04 bits per heavy atom. The fraction of sp³-hybridized carbons (Fsp3) is 0.667. The molecule has 3 amide bonds. The van der Waals surface area contributed by atoms with Crippen LogP contribution in [0.5, 0.6) is 0 Å². The maximum Gasteiger partial charge on any atom is 0.257 e. The molecule has 0 radical (unpaired) electrons. The normalized spacial score (nSPS) is 24.7. The molecular weight excluding hydrogens is 334 g/mol. The third-order valence-electron chi connectivity index (χ3n) is 5.84. The third-order valence-corrected chi connectivity index (χ3v) is 5.84. The van der Waals surface area contributed by atoms with Crippen LogP contribution in [0, 0.1) is 5.92 Å². The number of aromatic amines is 1. The summed E-state index contributed by atoms with van der Waals surface area (Å²) in [5.74, 6) is 0.142. The molecule has 1 aromatic rings. The first-order chi connectivity index (χ1) is 12.4. The van der Waals surface area contributed by atoms with Gasteiger partial charge in [0.2, 0.25) is 11.8 Å². The molecule has 2 aliphatic heterocycles. The highest BCUT2D eigenvalue weighted by Gasteiger charge is 2.39. The van der Waals surface area contributed by atoms with E-state index in [2.05, 4.69) is 10.2 Å². The first kappa shape index (κ1) is 18.4. The van der Waals surface area contributed by atoms with E-state index >= 15 is 0 Å². The number of H-pyrrole nitrogens is 1. The summed E-state index contributed by atoms with van der Waals surface area (Å²) in [6.45, 7) is 7.92. The van der Waals surface area contributed by atoms with Gasteiger partial charge >= 0.3 is 0 Å². The van der Waals surface area contributed by atoms with Gasteiger partial charge in [-0.3, -0.25) is 19.5 Å². The number of nitrogens with zero attached hydrogens (tertiary/aromatic N) is 4. The van der Waals surface area contributed by atoms with Crippen molar-refractivity contribution in [2.75, 3.05) is 26.2 Å². The Morgan fingerprint density at radius 2 is 1.65 bits per heavy atom. The van der Waals surface area contributed by atoms with Gasteiger partial charge in [0.25, 0.3) is 5.91 Å². The number of aromatic nitrogens is 2. The van der Waals surface area contributed by atoms with Gasteiger partial charge in [-0.05, 0) is 26.7 Å². The molecule has 0 aliphatic carbocycles. The van der Waals surface area contributed by atoms with Crippen LogP contribution in [0.25, 0.3) is 0 Å². The van der Waals surface area contributed by atoms with Gasteiger partial charge in [0.1, 0.15) is 0 Å². The lowest BCUT2D eigenvalue weighted by Gasteiger charge is -2.46. The Labute approximate surface area is 153 Å². The Kier molecular flexibility index (Phi) is 5.29. The molecule has 0 saturated carbocycles. The molecule has 3 rings (SSSR count). The van der Waals surface area contributed by atoms with Crippen LogP contribution in [-0.2, 0) is 9.59 Å². The van der Waals surface area contributed by atoms with Gasteiger partial charge in [-0.25, -0.2) is 0 Å². The van der Waals surface area contributed by atoms with E-state index in [-0.39, 0.29) is 35.7 Å². The van der Waals surface area contributed by atoms with E-state index in [0.29, 0.717) is 44.6 Å². The summed E-state index contributed by atoms with van der Waals surface area (Å²) < 4.78 is 0. The standard InChI is InChI=1S/C18H27N5O3/c1-12-13(2)23(18(26)16-10-19-20-11-16)9-8-22(12)17(25)15-4-6-21(7-5-15)14(3)24/h10-13,15H,4-9H2,1-3H3,(H,19,20)/t12-,13-/m1/s1. The lowest BCUT2D eigenvalue weighted by atomic mass is 9.93. The summed E-state index contributed by atoms with van der Waals surface area (Å²) in [6, 6.07) is -0.106. The molecule has 0 bridgehead atoms. The fourth-order valence-corrected chi connectivity index (χ4v) is 3.95. The SMILES string of the molecule is CC(=O)N1CCC(C(=O)N2CCN(C(=O)c3cn[nH]c3)[C@H](C)[C@H]2C)CC1. The highest BCUT2D eigenvalue weighted by molar-refractivity contribution is 5.94. The second-order valence-electron chi connectivity index (χ2n) is 7.28. The average molecular weight is 361 g/mol. The van der Waals surface area contributed by atoms with Gasteiger partial charge in [0.15, 0.2) is 0 Å². The minimum Gasteiger partial charge on any atom is -0.343 e. The van der Waals surface area contributed by atoms with Crippen molar-refractivity contribution in [3.8, 4) is 0 Å². The largest absolute Gasteiger partial charge is 0.343 e. The van der Waals surface area contributed by atoms with Gasteiger partial charge in [-0.2, -0.15) is 5.10 Å². The summed E-state index contributed by atoms with van der Waals surface area (Å²) in [5.41, 5.74) is 0.542. The molecule has 1 aromatic heterocycles. The zero-order chi connectivity index (χ0) is 18.8. The summed E-state index contributed by atoms with van der Waals surface area (Å²) in [4.78, 5) is 42.6. The molecule has 0 unspecified atom stereocenters. The minimum atomic E-state index is -0.0626. The van der Waals surface area contributed by atoms with Crippen molar-refractivity contribution in [2.45, 2.75) is 45.7 Å². The number of rotatable bonds is 2. The Bertz CT molecular complexity index is 666. The lowest BCUT2D eigenvalue weighted by molar-refractivity contribution is -0.144. The van der Waals surface area contributed by atoms with Crippen molar-refractivity contribution >= 4 is 17.7 Å². The van der Waals surface area contributed by atoms with E-state index in [4.69, 9.17) is 0 Å². The summed E-state index contributed by atoms with van der Waals surface area (Å²) in [5, 5.41) is 6.51. The molecule has 2 fully saturated rings. The highest BCUT2D eigenvalue weighted by Crippen LogP contribution is 2.25. The van der Waals surface area contributed by atoms with Crippen molar-refractivity contribution in [3.05, 3.63) is 18.0 Å². The molecule has 1 N–H and O–H groups in total. The van der Waals surface area contributed by atoms with Crippen LogP contribution < -0.4 is 0 Å². The Morgan fingerprint density at radius 3 is 2.23 bits per heavy atom. The topological polar surface area (TPSA) is 89.6 Å². The van der Waals surface area contributed by atoms with Gasteiger partial charge in [-0.1, -0.05) is 0 Å². The molecule has 26 heavy (non-hydrogen) atoms. The van der Waals surface area contributed by atoms with Crippen LogP contribution in [0.4, 0.5) is 0 Å². The van der Waals surface area contributed by atoms with Crippen molar-refractivity contribution in [1.29, 1.82) is 0 Å². The van der Waals surface area contributed by atoms with Crippen molar-refractivity contribution in [3.63, 3.8) is 0 Å². The minimum absolute atomic E-state index is 0.0311.